The van der Waals surface area contributed by atoms with E-state index >= 15 is 0 Å². The third kappa shape index (κ3) is 5.75. The number of urea groups is 1. The fourth-order valence-corrected chi connectivity index (χ4v) is 2.12. The number of aliphatic hydroxyl groups excluding tert-OH is 1. The molecular formula is C17H24N4O2. The van der Waals surface area contributed by atoms with Crippen molar-refractivity contribution in [3.63, 3.8) is 0 Å². The SMILES string of the molecule is CC(C)C(O)CCNC(=O)Nc1ccc(Cn2cccn2)cc1. The van der Waals surface area contributed by atoms with Gasteiger partial charge < -0.3 is 15.7 Å². The second-order valence-electron chi connectivity index (χ2n) is 5.88. The Bertz CT molecular complexity index is 594. The molecule has 0 aliphatic carbocycles. The summed E-state index contributed by atoms with van der Waals surface area (Å²) in [7, 11) is 0. The zero-order valence-electron chi connectivity index (χ0n) is 13.6. The van der Waals surface area contributed by atoms with Gasteiger partial charge in [-0.05, 0) is 36.1 Å². The smallest absolute Gasteiger partial charge is 0.319 e. The molecule has 0 fully saturated rings. The van der Waals surface area contributed by atoms with Crippen molar-refractivity contribution in [3.8, 4) is 0 Å². The van der Waals surface area contributed by atoms with Gasteiger partial charge in [0.2, 0.25) is 0 Å². The summed E-state index contributed by atoms with van der Waals surface area (Å²) in [6.45, 7) is 5.06. The van der Waals surface area contributed by atoms with E-state index in [0.717, 1.165) is 11.3 Å². The molecule has 0 saturated carbocycles. The number of nitrogens with zero attached hydrogens (tertiary/aromatic N) is 2. The monoisotopic (exact) mass is 316 g/mol. The van der Waals surface area contributed by atoms with Crippen LogP contribution in [-0.2, 0) is 6.54 Å². The first kappa shape index (κ1) is 17.0. The molecule has 1 atom stereocenters. The Labute approximate surface area is 136 Å². The Morgan fingerprint density at radius 3 is 2.65 bits per heavy atom. The van der Waals surface area contributed by atoms with Crippen LogP contribution in [0.5, 0.6) is 0 Å². The number of carbonyl (C=O) groups is 1. The lowest BCUT2D eigenvalue weighted by molar-refractivity contribution is 0.117. The molecule has 2 amide bonds. The van der Waals surface area contributed by atoms with Crippen molar-refractivity contribution in [2.75, 3.05) is 11.9 Å². The third-order valence-corrected chi connectivity index (χ3v) is 3.61. The highest BCUT2D eigenvalue weighted by molar-refractivity contribution is 5.89. The average molecular weight is 316 g/mol. The van der Waals surface area contributed by atoms with Crippen molar-refractivity contribution in [2.24, 2.45) is 5.92 Å². The quantitative estimate of drug-likeness (QED) is 0.734. The first-order valence-corrected chi connectivity index (χ1v) is 7.84. The molecule has 1 aromatic carbocycles. The molecule has 2 rings (SSSR count). The molecule has 0 saturated heterocycles. The van der Waals surface area contributed by atoms with E-state index in [1.54, 1.807) is 6.20 Å². The Hall–Kier alpha value is -2.34. The molecule has 3 N–H and O–H groups in total. The second-order valence-corrected chi connectivity index (χ2v) is 5.88. The summed E-state index contributed by atoms with van der Waals surface area (Å²) in [5, 5.41) is 19.4. The maximum absolute atomic E-state index is 11.8. The Morgan fingerprint density at radius 2 is 2.04 bits per heavy atom. The normalized spacial score (nSPS) is 12.2. The lowest BCUT2D eigenvalue weighted by Gasteiger charge is -2.14. The standard InChI is InChI=1S/C17H24N4O2/c1-13(2)16(22)8-10-18-17(23)20-15-6-4-14(5-7-15)12-21-11-3-9-19-21/h3-7,9,11,13,16,22H,8,10,12H2,1-2H3,(H2,18,20,23). The maximum atomic E-state index is 11.8. The van der Waals surface area contributed by atoms with Crippen LogP contribution in [0, 0.1) is 5.92 Å². The van der Waals surface area contributed by atoms with Gasteiger partial charge >= 0.3 is 6.03 Å². The molecule has 1 aromatic heterocycles. The number of aromatic nitrogens is 2. The van der Waals surface area contributed by atoms with E-state index in [0.29, 0.717) is 19.5 Å². The summed E-state index contributed by atoms with van der Waals surface area (Å²) in [4.78, 5) is 11.8. The number of hydrogen-bond donors (Lipinski definition) is 3. The van der Waals surface area contributed by atoms with E-state index in [1.807, 2.05) is 55.1 Å². The number of rotatable bonds is 7. The fourth-order valence-electron chi connectivity index (χ4n) is 2.12. The first-order chi connectivity index (χ1) is 11.0. The number of carbonyl (C=O) groups excluding carboxylic acids is 1. The summed E-state index contributed by atoms with van der Waals surface area (Å²) in [6.07, 6.45) is 3.81. The van der Waals surface area contributed by atoms with E-state index in [1.165, 1.54) is 0 Å². The summed E-state index contributed by atoms with van der Waals surface area (Å²) >= 11 is 0. The number of benzene rings is 1. The average Bonchev–Trinajstić information content (AvgIpc) is 3.02. The van der Waals surface area contributed by atoms with Crippen molar-refractivity contribution in [3.05, 3.63) is 48.3 Å². The molecule has 0 aliphatic rings. The van der Waals surface area contributed by atoms with Crippen LogP contribution in [0.1, 0.15) is 25.8 Å². The highest BCUT2D eigenvalue weighted by atomic mass is 16.3. The molecule has 0 radical (unpaired) electrons. The van der Waals surface area contributed by atoms with Crippen molar-refractivity contribution < 1.29 is 9.90 Å². The molecule has 23 heavy (non-hydrogen) atoms. The van der Waals surface area contributed by atoms with Gasteiger partial charge in [0.05, 0.1) is 12.6 Å². The molecule has 0 bridgehead atoms. The second kappa shape index (κ2) is 8.33. The predicted molar refractivity (Wildman–Crippen MR) is 90.3 cm³/mol. The summed E-state index contributed by atoms with van der Waals surface area (Å²) in [5.74, 6) is 0.196. The Morgan fingerprint density at radius 1 is 1.30 bits per heavy atom. The number of aliphatic hydroxyl groups is 1. The summed E-state index contributed by atoms with van der Waals surface area (Å²) in [6, 6.07) is 9.26. The van der Waals surface area contributed by atoms with Gasteiger partial charge in [0.15, 0.2) is 0 Å². The minimum absolute atomic E-state index is 0.196. The van der Waals surface area contributed by atoms with E-state index in [4.69, 9.17) is 0 Å². The zero-order valence-corrected chi connectivity index (χ0v) is 13.6. The van der Waals surface area contributed by atoms with Crippen LogP contribution in [0.3, 0.4) is 0 Å². The Balaban J connectivity index is 1.75. The van der Waals surface area contributed by atoms with Gasteiger partial charge in [0.1, 0.15) is 0 Å². The van der Waals surface area contributed by atoms with Crippen molar-refractivity contribution >= 4 is 11.7 Å². The zero-order chi connectivity index (χ0) is 16.7. The lowest BCUT2D eigenvalue weighted by Crippen LogP contribution is -2.32. The Kier molecular flexibility index (Phi) is 6.17. The molecule has 2 aromatic rings. The predicted octanol–water partition coefficient (Wildman–Crippen LogP) is 2.46. The fraction of sp³-hybridized carbons (Fsp3) is 0.412. The van der Waals surface area contributed by atoms with E-state index in [9.17, 15) is 9.90 Å². The van der Waals surface area contributed by atoms with Crippen LogP contribution in [0.15, 0.2) is 42.7 Å². The van der Waals surface area contributed by atoms with Gasteiger partial charge in [-0.15, -0.1) is 0 Å². The van der Waals surface area contributed by atoms with Crippen LogP contribution in [-0.4, -0.2) is 33.6 Å². The summed E-state index contributed by atoms with van der Waals surface area (Å²) < 4.78 is 1.84. The van der Waals surface area contributed by atoms with Crippen LogP contribution < -0.4 is 10.6 Å². The van der Waals surface area contributed by atoms with Gasteiger partial charge in [-0.1, -0.05) is 26.0 Å². The van der Waals surface area contributed by atoms with E-state index in [2.05, 4.69) is 15.7 Å². The number of anilines is 1. The summed E-state index contributed by atoms with van der Waals surface area (Å²) in [5.41, 5.74) is 1.84. The van der Waals surface area contributed by atoms with Crippen molar-refractivity contribution in [1.29, 1.82) is 0 Å². The highest BCUT2D eigenvalue weighted by Gasteiger charge is 2.09. The molecule has 0 spiro atoms. The minimum atomic E-state index is -0.392. The van der Waals surface area contributed by atoms with E-state index < -0.39 is 6.10 Å². The molecule has 124 valence electrons. The van der Waals surface area contributed by atoms with Gasteiger partial charge in [-0.2, -0.15) is 5.10 Å². The number of hydrogen-bond acceptors (Lipinski definition) is 3. The number of amides is 2. The highest BCUT2D eigenvalue weighted by Crippen LogP contribution is 2.10. The topological polar surface area (TPSA) is 79.2 Å². The van der Waals surface area contributed by atoms with Crippen LogP contribution >= 0.6 is 0 Å². The van der Waals surface area contributed by atoms with Crippen molar-refractivity contribution in [2.45, 2.75) is 32.9 Å². The van der Waals surface area contributed by atoms with Gasteiger partial charge in [-0.3, -0.25) is 4.68 Å². The molecule has 0 aliphatic heterocycles. The third-order valence-electron chi connectivity index (χ3n) is 3.61. The molecular weight excluding hydrogens is 292 g/mol. The molecule has 6 nitrogen and oxygen atoms in total. The van der Waals surface area contributed by atoms with E-state index in [-0.39, 0.29) is 11.9 Å². The maximum Gasteiger partial charge on any atom is 0.319 e. The van der Waals surface area contributed by atoms with Crippen LogP contribution in [0.4, 0.5) is 10.5 Å². The van der Waals surface area contributed by atoms with Gasteiger partial charge in [-0.25, -0.2) is 4.79 Å². The minimum Gasteiger partial charge on any atom is -0.393 e. The van der Waals surface area contributed by atoms with Gasteiger partial charge in [0, 0.05) is 24.6 Å². The molecule has 6 heteroatoms. The molecule has 1 heterocycles. The van der Waals surface area contributed by atoms with Crippen LogP contribution in [0.25, 0.3) is 0 Å². The van der Waals surface area contributed by atoms with Gasteiger partial charge in [0.25, 0.3) is 0 Å². The van der Waals surface area contributed by atoms with Crippen molar-refractivity contribution in [1.82, 2.24) is 15.1 Å². The van der Waals surface area contributed by atoms with Crippen LogP contribution in [0.2, 0.25) is 0 Å². The molecule has 1 unspecified atom stereocenters. The number of nitrogens with one attached hydrogen (secondary N) is 2. The largest absolute Gasteiger partial charge is 0.393 e. The first-order valence-electron chi connectivity index (χ1n) is 7.84. The lowest BCUT2D eigenvalue weighted by atomic mass is 10.0.